The van der Waals surface area contributed by atoms with Gasteiger partial charge in [-0.05, 0) is 50.5 Å². The molecule has 1 atom stereocenters. The smallest absolute Gasteiger partial charge is 0.244 e. The minimum Gasteiger partial charge on any atom is -0.352 e. The van der Waals surface area contributed by atoms with Crippen molar-refractivity contribution >= 4 is 39.1 Å². The van der Waals surface area contributed by atoms with Gasteiger partial charge in [0.2, 0.25) is 21.8 Å². The van der Waals surface area contributed by atoms with Gasteiger partial charge in [0.25, 0.3) is 0 Å². The molecule has 7 nitrogen and oxygen atoms in total. The van der Waals surface area contributed by atoms with Crippen molar-refractivity contribution in [3.05, 3.63) is 64.4 Å². The molecule has 2 aromatic carbocycles. The zero-order valence-electron chi connectivity index (χ0n) is 20.1. The number of amides is 2. The van der Waals surface area contributed by atoms with Gasteiger partial charge in [-0.3, -0.25) is 13.9 Å². The van der Waals surface area contributed by atoms with E-state index in [1.54, 1.807) is 32.0 Å². The Morgan fingerprint density at radius 1 is 1.17 bits per heavy atom. The van der Waals surface area contributed by atoms with Gasteiger partial charge in [0.1, 0.15) is 18.4 Å². The van der Waals surface area contributed by atoms with Crippen LogP contribution in [0.15, 0.2) is 42.5 Å². The Hall–Kier alpha value is -2.65. The summed E-state index contributed by atoms with van der Waals surface area (Å²) in [6, 6.07) is 9.85. The van der Waals surface area contributed by atoms with Gasteiger partial charge < -0.3 is 10.2 Å². The van der Waals surface area contributed by atoms with Crippen molar-refractivity contribution < 1.29 is 22.4 Å². The Balaban J connectivity index is 1.92. The molecular formula is C25H31ClFN3O4S. The average molecular weight is 524 g/mol. The third-order valence-electron chi connectivity index (χ3n) is 6.29. The summed E-state index contributed by atoms with van der Waals surface area (Å²) in [4.78, 5) is 27.8. The van der Waals surface area contributed by atoms with Crippen LogP contribution >= 0.6 is 11.6 Å². The van der Waals surface area contributed by atoms with Gasteiger partial charge >= 0.3 is 0 Å². The van der Waals surface area contributed by atoms with Crippen LogP contribution in [0.1, 0.15) is 43.7 Å². The fourth-order valence-corrected chi connectivity index (χ4v) is 5.30. The van der Waals surface area contributed by atoms with Crippen LogP contribution in [0.4, 0.5) is 10.1 Å². The Kier molecular flexibility index (Phi) is 8.77. The van der Waals surface area contributed by atoms with Crippen molar-refractivity contribution in [1.82, 2.24) is 10.2 Å². The van der Waals surface area contributed by atoms with Crippen LogP contribution in [0, 0.1) is 12.7 Å². The van der Waals surface area contributed by atoms with Crippen LogP contribution in [-0.4, -0.2) is 50.0 Å². The lowest BCUT2D eigenvalue weighted by atomic mass is 10.1. The van der Waals surface area contributed by atoms with Gasteiger partial charge in [-0.25, -0.2) is 12.8 Å². The number of hydrogen-bond acceptors (Lipinski definition) is 4. The summed E-state index contributed by atoms with van der Waals surface area (Å²) in [6.45, 7) is 2.54. The van der Waals surface area contributed by atoms with E-state index >= 15 is 0 Å². The SMILES string of the molecule is Cc1ccc(Cl)cc1N(CC(=O)N(Cc1ccccc1F)[C@H](C)C(=O)NC1CCCC1)S(C)(=O)=O. The molecule has 35 heavy (non-hydrogen) atoms. The Morgan fingerprint density at radius 3 is 2.46 bits per heavy atom. The van der Waals surface area contributed by atoms with Crippen LogP contribution in [0.3, 0.4) is 0 Å². The second kappa shape index (κ2) is 11.4. The molecule has 1 aliphatic rings. The summed E-state index contributed by atoms with van der Waals surface area (Å²) in [5, 5.41) is 3.29. The maximum Gasteiger partial charge on any atom is 0.244 e. The number of carbonyl (C=O) groups is 2. The molecule has 0 aliphatic heterocycles. The van der Waals surface area contributed by atoms with Crippen molar-refractivity contribution in [3.63, 3.8) is 0 Å². The number of hydrogen-bond donors (Lipinski definition) is 1. The molecule has 0 aromatic heterocycles. The number of carbonyl (C=O) groups excluding carboxylic acids is 2. The molecule has 3 rings (SSSR count). The van der Waals surface area contributed by atoms with E-state index < -0.39 is 34.3 Å². The zero-order chi connectivity index (χ0) is 25.8. The minimum absolute atomic E-state index is 0.0389. The van der Waals surface area contributed by atoms with Crippen molar-refractivity contribution in [2.24, 2.45) is 0 Å². The van der Waals surface area contributed by atoms with Crippen LogP contribution < -0.4 is 9.62 Å². The topological polar surface area (TPSA) is 86.8 Å². The van der Waals surface area contributed by atoms with E-state index in [0.29, 0.717) is 10.6 Å². The lowest BCUT2D eigenvalue weighted by molar-refractivity contribution is -0.139. The van der Waals surface area contributed by atoms with Gasteiger partial charge in [-0.15, -0.1) is 0 Å². The molecule has 0 heterocycles. The molecule has 2 aromatic rings. The number of sulfonamides is 1. The van der Waals surface area contributed by atoms with E-state index in [-0.39, 0.29) is 29.7 Å². The first kappa shape index (κ1) is 26.9. The van der Waals surface area contributed by atoms with Gasteiger partial charge in [-0.2, -0.15) is 0 Å². The maximum atomic E-state index is 14.5. The van der Waals surface area contributed by atoms with E-state index in [0.717, 1.165) is 36.2 Å². The van der Waals surface area contributed by atoms with E-state index in [1.807, 2.05) is 0 Å². The first-order valence-corrected chi connectivity index (χ1v) is 13.8. The number of benzene rings is 2. The highest BCUT2D eigenvalue weighted by Crippen LogP contribution is 2.27. The van der Waals surface area contributed by atoms with E-state index in [4.69, 9.17) is 11.6 Å². The molecule has 10 heteroatoms. The fraction of sp³-hybridized carbons (Fsp3) is 0.440. The first-order valence-electron chi connectivity index (χ1n) is 11.5. The number of anilines is 1. The number of nitrogens with one attached hydrogen (secondary N) is 1. The third-order valence-corrected chi connectivity index (χ3v) is 7.65. The van der Waals surface area contributed by atoms with Crippen LogP contribution in [-0.2, 0) is 26.2 Å². The largest absolute Gasteiger partial charge is 0.352 e. The molecule has 1 fully saturated rings. The molecule has 2 amide bonds. The molecular weight excluding hydrogens is 493 g/mol. The summed E-state index contributed by atoms with van der Waals surface area (Å²) in [6.07, 6.45) is 4.79. The van der Waals surface area contributed by atoms with Crippen LogP contribution in [0.25, 0.3) is 0 Å². The van der Waals surface area contributed by atoms with Crippen molar-refractivity contribution in [1.29, 1.82) is 0 Å². The lowest BCUT2D eigenvalue weighted by Gasteiger charge is -2.32. The molecule has 1 N–H and O–H groups in total. The maximum absolute atomic E-state index is 14.5. The van der Waals surface area contributed by atoms with Gasteiger partial charge in [0.05, 0.1) is 11.9 Å². The van der Waals surface area contributed by atoms with E-state index in [2.05, 4.69) is 5.32 Å². The monoisotopic (exact) mass is 523 g/mol. The number of nitrogens with zero attached hydrogens (tertiary/aromatic N) is 2. The first-order chi connectivity index (χ1) is 16.5. The van der Waals surface area contributed by atoms with E-state index in [9.17, 15) is 22.4 Å². The Bertz CT molecular complexity index is 1180. The molecule has 190 valence electrons. The quantitative estimate of drug-likeness (QED) is 0.537. The van der Waals surface area contributed by atoms with Crippen molar-refractivity contribution in [2.45, 2.75) is 58.2 Å². The van der Waals surface area contributed by atoms with Gasteiger partial charge in [-0.1, -0.05) is 48.7 Å². The van der Waals surface area contributed by atoms with Gasteiger partial charge in [0, 0.05) is 23.2 Å². The minimum atomic E-state index is -3.88. The molecule has 0 bridgehead atoms. The van der Waals surface area contributed by atoms with Crippen molar-refractivity contribution in [3.8, 4) is 0 Å². The molecule has 1 saturated carbocycles. The fourth-order valence-electron chi connectivity index (χ4n) is 4.23. The predicted octanol–water partition coefficient (Wildman–Crippen LogP) is 4.03. The Labute approximate surface area is 211 Å². The Morgan fingerprint density at radius 2 is 1.83 bits per heavy atom. The average Bonchev–Trinajstić information content (AvgIpc) is 3.30. The number of aryl methyl sites for hydroxylation is 1. The normalized spacial score (nSPS) is 15.0. The third kappa shape index (κ3) is 6.95. The van der Waals surface area contributed by atoms with Gasteiger partial charge in [0.15, 0.2) is 0 Å². The second-order valence-electron chi connectivity index (χ2n) is 8.98. The van der Waals surface area contributed by atoms with Crippen LogP contribution in [0.5, 0.6) is 0 Å². The van der Waals surface area contributed by atoms with Crippen molar-refractivity contribution in [2.75, 3.05) is 17.1 Å². The zero-order valence-corrected chi connectivity index (χ0v) is 21.7. The number of halogens is 2. The lowest BCUT2D eigenvalue weighted by Crippen LogP contribution is -2.52. The molecule has 0 radical (unpaired) electrons. The second-order valence-corrected chi connectivity index (χ2v) is 11.3. The highest BCUT2D eigenvalue weighted by Gasteiger charge is 2.32. The van der Waals surface area contributed by atoms with E-state index in [1.165, 1.54) is 29.2 Å². The highest BCUT2D eigenvalue weighted by atomic mass is 35.5. The number of rotatable bonds is 9. The summed E-state index contributed by atoms with van der Waals surface area (Å²) in [7, 11) is -3.88. The molecule has 0 unspecified atom stereocenters. The standard InChI is InChI=1S/C25H31ClFN3O4S/c1-17-12-13-20(26)14-23(17)30(35(3,33)34)16-24(31)29(15-19-8-4-7-11-22(19)27)18(2)25(32)28-21-9-5-6-10-21/h4,7-8,11-14,18,21H,5-6,9-10,15-16H2,1-3H3,(H,28,32)/t18-/m1/s1. The molecule has 0 spiro atoms. The molecule has 0 saturated heterocycles. The summed E-state index contributed by atoms with van der Waals surface area (Å²) in [5.41, 5.74) is 1.11. The summed E-state index contributed by atoms with van der Waals surface area (Å²) in [5.74, 6) is -1.50. The summed E-state index contributed by atoms with van der Waals surface area (Å²) >= 11 is 6.10. The summed E-state index contributed by atoms with van der Waals surface area (Å²) < 4.78 is 40.8. The highest BCUT2D eigenvalue weighted by molar-refractivity contribution is 7.92. The predicted molar refractivity (Wildman–Crippen MR) is 135 cm³/mol. The molecule has 1 aliphatic carbocycles. The van der Waals surface area contributed by atoms with Crippen LogP contribution in [0.2, 0.25) is 5.02 Å².